The van der Waals surface area contributed by atoms with E-state index in [4.69, 9.17) is 4.74 Å². The molecule has 2 aromatic rings. The van der Waals surface area contributed by atoms with E-state index in [1.54, 1.807) is 4.90 Å². The predicted octanol–water partition coefficient (Wildman–Crippen LogP) is 5.50. The van der Waals surface area contributed by atoms with Crippen LogP contribution in [0.4, 0.5) is 0 Å². The Morgan fingerprint density at radius 2 is 1.76 bits per heavy atom. The number of hydrogen-bond donors (Lipinski definition) is 2. The lowest BCUT2D eigenvalue weighted by Gasteiger charge is -2.42. The average Bonchev–Trinajstić information content (AvgIpc) is 2.93. The summed E-state index contributed by atoms with van der Waals surface area (Å²) in [6, 6.07) is 12.7. The van der Waals surface area contributed by atoms with Crippen LogP contribution in [0, 0.1) is 11.3 Å². The summed E-state index contributed by atoms with van der Waals surface area (Å²) in [5.74, 6) is -0.0137. The van der Waals surface area contributed by atoms with Gasteiger partial charge in [-0.15, -0.1) is 0 Å². The minimum Gasteiger partial charge on any atom is -0.491 e. The van der Waals surface area contributed by atoms with Crippen LogP contribution in [0.1, 0.15) is 96.0 Å². The summed E-state index contributed by atoms with van der Waals surface area (Å²) < 4.78 is 5.94. The molecular weight excluding hydrogens is 514 g/mol. The molecule has 4 rings (SSSR count). The number of benzene rings is 2. The highest BCUT2D eigenvalue weighted by Crippen LogP contribution is 2.33. The number of amides is 3. The fourth-order valence-corrected chi connectivity index (χ4v) is 5.83. The van der Waals surface area contributed by atoms with Crippen molar-refractivity contribution in [3.8, 4) is 5.75 Å². The Hall–Kier alpha value is -3.35. The third-order valence-electron chi connectivity index (χ3n) is 8.41. The molecule has 7 heteroatoms. The number of rotatable bonds is 8. The van der Waals surface area contributed by atoms with Crippen molar-refractivity contribution in [3.05, 3.63) is 64.7 Å². The molecule has 2 aliphatic rings. The summed E-state index contributed by atoms with van der Waals surface area (Å²) in [6.07, 6.45) is 3.98. The second kappa shape index (κ2) is 12.7. The molecule has 1 unspecified atom stereocenters. The van der Waals surface area contributed by atoms with Crippen LogP contribution < -0.4 is 15.4 Å². The van der Waals surface area contributed by atoms with E-state index in [9.17, 15) is 14.4 Å². The summed E-state index contributed by atoms with van der Waals surface area (Å²) >= 11 is 0. The number of hydrogen-bond acceptors (Lipinski definition) is 4. The van der Waals surface area contributed by atoms with Gasteiger partial charge in [-0.1, -0.05) is 65.0 Å². The Balaban J connectivity index is 1.67. The Morgan fingerprint density at radius 1 is 1.02 bits per heavy atom. The van der Waals surface area contributed by atoms with E-state index in [-0.39, 0.29) is 42.3 Å². The maximum atomic E-state index is 14.4. The van der Waals surface area contributed by atoms with Gasteiger partial charge in [0.1, 0.15) is 17.8 Å². The topological polar surface area (TPSA) is 87.7 Å². The third-order valence-corrected chi connectivity index (χ3v) is 8.41. The van der Waals surface area contributed by atoms with Crippen LogP contribution in [-0.4, -0.2) is 40.8 Å². The first-order valence-corrected chi connectivity index (χ1v) is 15.2. The van der Waals surface area contributed by atoms with Crippen LogP contribution in [0.25, 0.3) is 0 Å². The maximum absolute atomic E-state index is 14.4. The predicted molar refractivity (Wildman–Crippen MR) is 161 cm³/mol. The van der Waals surface area contributed by atoms with Crippen molar-refractivity contribution in [3.63, 3.8) is 0 Å². The molecule has 0 bridgehead atoms. The van der Waals surface area contributed by atoms with Crippen molar-refractivity contribution in [1.29, 1.82) is 0 Å². The normalized spacial score (nSPS) is 20.0. The first-order chi connectivity index (χ1) is 19.4. The summed E-state index contributed by atoms with van der Waals surface area (Å²) in [4.78, 5) is 43.1. The van der Waals surface area contributed by atoms with E-state index in [0.717, 1.165) is 41.7 Å². The van der Waals surface area contributed by atoms with Gasteiger partial charge in [0.05, 0.1) is 12.1 Å². The fourth-order valence-electron chi connectivity index (χ4n) is 5.83. The van der Waals surface area contributed by atoms with Gasteiger partial charge in [-0.05, 0) is 79.3 Å². The number of carbonyl (C=O) groups is 3. The Morgan fingerprint density at radius 3 is 2.44 bits per heavy atom. The first-order valence-electron chi connectivity index (χ1n) is 15.2. The molecule has 0 radical (unpaired) electrons. The molecule has 2 N–H and O–H groups in total. The molecule has 1 heterocycles. The molecule has 0 spiro atoms. The summed E-state index contributed by atoms with van der Waals surface area (Å²) in [6.45, 7) is 13.9. The van der Waals surface area contributed by atoms with Crippen molar-refractivity contribution in [2.75, 3.05) is 0 Å². The Bertz CT molecular complexity index is 1260. The van der Waals surface area contributed by atoms with Gasteiger partial charge in [-0.25, -0.2) is 0 Å². The zero-order valence-electron chi connectivity index (χ0n) is 25.8. The second-order valence-corrected chi connectivity index (χ2v) is 13.1. The molecule has 7 nitrogen and oxygen atoms in total. The zero-order chi connectivity index (χ0) is 29.9. The van der Waals surface area contributed by atoms with Gasteiger partial charge in [-0.3, -0.25) is 14.4 Å². The van der Waals surface area contributed by atoms with Crippen LogP contribution >= 0.6 is 0 Å². The van der Waals surface area contributed by atoms with Gasteiger partial charge in [0.15, 0.2) is 0 Å². The van der Waals surface area contributed by atoms with Crippen LogP contribution in [0.15, 0.2) is 42.5 Å². The number of fused-ring (bicyclic) bond motifs is 2. The molecule has 0 aromatic heterocycles. The molecular formula is C34H47N3O4. The highest BCUT2D eigenvalue weighted by atomic mass is 16.5. The van der Waals surface area contributed by atoms with Crippen molar-refractivity contribution in [2.24, 2.45) is 11.3 Å². The van der Waals surface area contributed by atoms with E-state index in [1.807, 2.05) is 78.8 Å². The number of ether oxygens (including phenoxy) is 1. The van der Waals surface area contributed by atoms with Gasteiger partial charge in [0.25, 0.3) is 0 Å². The smallest absolute Gasteiger partial charge is 0.246 e. The lowest BCUT2D eigenvalue weighted by Crippen LogP contribution is -2.61. The van der Waals surface area contributed by atoms with Crippen molar-refractivity contribution < 1.29 is 19.1 Å². The highest BCUT2D eigenvalue weighted by molar-refractivity contribution is 5.93. The number of nitrogens with one attached hydrogen (secondary N) is 2. The minimum atomic E-state index is -0.772. The van der Waals surface area contributed by atoms with E-state index in [2.05, 4.69) is 22.8 Å². The van der Waals surface area contributed by atoms with E-state index < -0.39 is 17.5 Å². The van der Waals surface area contributed by atoms with Gasteiger partial charge in [0, 0.05) is 18.9 Å². The molecule has 0 fully saturated rings. The number of carbonyl (C=O) groups excluding carboxylic acids is 3. The molecule has 1 aliphatic heterocycles. The average molecular weight is 562 g/mol. The lowest BCUT2D eigenvalue weighted by atomic mass is 9.83. The van der Waals surface area contributed by atoms with Crippen molar-refractivity contribution in [1.82, 2.24) is 15.5 Å². The van der Waals surface area contributed by atoms with Gasteiger partial charge in [0.2, 0.25) is 17.7 Å². The molecule has 2 aromatic carbocycles. The van der Waals surface area contributed by atoms with Crippen LogP contribution in [0.3, 0.4) is 0 Å². The number of nitrogens with zero attached hydrogens (tertiary/aromatic N) is 1. The molecule has 0 saturated carbocycles. The van der Waals surface area contributed by atoms with Gasteiger partial charge >= 0.3 is 0 Å². The SMILES string of the molecule is CC[C@@H](C)C(=O)N[C@H](C(=O)N1Cc2cc(OC(C)C)ccc2C[C@H]1C(=O)NC1CCCc2ccccc21)C(C)(C)C. The van der Waals surface area contributed by atoms with Crippen LogP contribution in [0.2, 0.25) is 0 Å². The monoisotopic (exact) mass is 561 g/mol. The van der Waals surface area contributed by atoms with Gasteiger partial charge in [-0.2, -0.15) is 0 Å². The first kappa shape index (κ1) is 30.6. The standard InChI is InChI=1S/C34H47N3O4/c1-8-22(4)31(38)36-30(34(5,6)7)33(40)37-20-25-18-26(41-21(2)3)17-16-24(25)19-29(37)32(39)35-28-15-11-13-23-12-9-10-14-27(23)28/h9-10,12,14,16-18,21-22,28-30H,8,11,13,15,19-20H2,1-7H3,(H,35,39)(H,36,38)/t22-,28?,29+,30-/m1/s1. The zero-order valence-corrected chi connectivity index (χ0v) is 25.8. The molecule has 41 heavy (non-hydrogen) atoms. The van der Waals surface area contributed by atoms with E-state index >= 15 is 0 Å². The largest absolute Gasteiger partial charge is 0.491 e. The quantitative estimate of drug-likeness (QED) is 0.446. The van der Waals surface area contributed by atoms with Crippen LogP contribution in [-0.2, 0) is 33.8 Å². The van der Waals surface area contributed by atoms with Crippen molar-refractivity contribution in [2.45, 2.75) is 111 Å². The summed E-state index contributed by atoms with van der Waals surface area (Å²) in [5.41, 5.74) is 3.87. The van der Waals surface area contributed by atoms with Crippen LogP contribution in [0.5, 0.6) is 5.75 Å². The third kappa shape index (κ3) is 7.11. The van der Waals surface area contributed by atoms with Crippen molar-refractivity contribution >= 4 is 17.7 Å². The molecule has 0 saturated heterocycles. The lowest BCUT2D eigenvalue weighted by molar-refractivity contribution is -0.147. The minimum absolute atomic E-state index is 0.0207. The Kier molecular flexibility index (Phi) is 9.45. The fraction of sp³-hybridized carbons (Fsp3) is 0.559. The molecule has 3 amide bonds. The summed E-state index contributed by atoms with van der Waals surface area (Å²) in [5, 5.41) is 6.33. The maximum Gasteiger partial charge on any atom is 0.246 e. The Labute approximate surface area is 245 Å². The molecule has 4 atom stereocenters. The van der Waals surface area contributed by atoms with E-state index in [0.29, 0.717) is 12.8 Å². The summed E-state index contributed by atoms with van der Waals surface area (Å²) in [7, 11) is 0. The highest BCUT2D eigenvalue weighted by Gasteiger charge is 2.43. The van der Waals surface area contributed by atoms with Gasteiger partial charge < -0.3 is 20.3 Å². The second-order valence-electron chi connectivity index (χ2n) is 13.1. The molecule has 1 aliphatic carbocycles. The van der Waals surface area contributed by atoms with E-state index in [1.165, 1.54) is 5.56 Å². The number of aryl methyl sites for hydroxylation is 1. The molecule has 222 valence electrons.